The molecule has 0 saturated carbocycles. The number of nitrogens with zero attached hydrogens (tertiary/aromatic N) is 1. The zero-order chi connectivity index (χ0) is 19.1. The van der Waals surface area contributed by atoms with Crippen LogP contribution in [-0.2, 0) is 0 Å². The first kappa shape index (κ1) is 18.5. The molecule has 2 atom stereocenters. The van der Waals surface area contributed by atoms with Crippen LogP contribution in [0.25, 0.3) is 11.1 Å². The lowest BCUT2D eigenvalue weighted by molar-refractivity contribution is 0.172. The van der Waals surface area contributed by atoms with Crippen LogP contribution in [0.3, 0.4) is 0 Å². The average molecular weight is 393 g/mol. The molecule has 6 heteroatoms. The van der Waals surface area contributed by atoms with Crippen LogP contribution in [0.5, 0.6) is 5.75 Å². The van der Waals surface area contributed by atoms with Crippen molar-refractivity contribution in [3.63, 3.8) is 0 Å². The standard InChI is InChI=1S/C21H23ClF2N2O/c1-3-26(4-2)18-8-12(20-16(23)9-13(22)10-17(20)24)7-14-15-11-25-6-5-19(15)27-21(14)18/h7-10,15,19,25H,3-6,11H2,1-2H3/t15?,19-/m0/s1. The summed E-state index contributed by atoms with van der Waals surface area (Å²) in [6.07, 6.45) is 1.04. The van der Waals surface area contributed by atoms with Gasteiger partial charge in [0.1, 0.15) is 23.5 Å². The summed E-state index contributed by atoms with van der Waals surface area (Å²) in [6.45, 7) is 7.43. The Morgan fingerprint density at radius 3 is 2.52 bits per heavy atom. The lowest BCUT2D eigenvalue weighted by atomic mass is 9.88. The number of anilines is 1. The molecule has 3 nitrogen and oxygen atoms in total. The van der Waals surface area contributed by atoms with Gasteiger partial charge in [0.05, 0.1) is 11.3 Å². The Labute approximate surface area is 163 Å². The van der Waals surface area contributed by atoms with E-state index in [0.29, 0.717) is 5.56 Å². The van der Waals surface area contributed by atoms with Crippen molar-refractivity contribution in [2.24, 2.45) is 0 Å². The highest BCUT2D eigenvalue weighted by Crippen LogP contribution is 2.49. The van der Waals surface area contributed by atoms with Gasteiger partial charge in [-0.3, -0.25) is 0 Å². The van der Waals surface area contributed by atoms with Gasteiger partial charge in [-0.2, -0.15) is 0 Å². The van der Waals surface area contributed by atoms with Crippen molar-refractivity contribution in [1.29, 1.82) is 0 Å². The highest BCUT2D eigenvalue weighted by Gasteiger charge is 2.38. The molecular weight excluding hydrogens is 370 g/mol. The number of nitrogens with one attached hydrogen (secondary N) is 1. The van der Waals surface area contributed by atoms with Crippen molar-refractivity contribution in [2.45, 2.75) is 32.3 Å². The van der Waals surface area contributed by atoms with E-state index in [1.807, 2.05) is 12.1 Å². The van der Waals surface area contributed by atoms with Gasteiger partial charge in [0.15, 0.2) is 0 Å². The van der Waals surface area contributed by atoms with Crippen molar-refractivity contribution in [2.75, 3.05) is 31.1 Å². The monoisotopic (exact) mass is 392 g/mol. The first-order valence-corrected chi connectivity index (χ1v) is 9.86. The van der Waals surface area contributed by atoms with Gasteiger partial charge >= 0.3 is 0 Å². The molecular formula is C21H23ClF2N2O. The molecule has 0 aromatic heterocycles. The normalized spacial score (nSPS) is 20.8. The number of hydrogen-bond acceptors (Lipinski definition) is 3. The number of benzene rings is 2. The van der Waals surface area contributed by atoms with Gasteiger partial charge in [-0.1, -0.05) is 11.6 Å². The quantitative estimate of drug-likeness (QED) is 0.795. The molecule has 4 rings (SSSR count). The minimum atomic E-state index is -0.650. The van der Waals surface area contributed by atoms with Crippen LogP contribution in [0.15, 0.2) is 24.3 Å². The molecule has 2 aliphatic rings. The Balaban J connectivity index is 1.91. The number of hydrogen-bond donors (Lipinski definition) is 1. The summed E-state index contributed by atoms with van der Waals surface area (Å²) in [6, 6.07) is 6.04. The molecule has 1 fully saturated rings. The highest BCUT2D eigenvalue weighted by atomic mass is 35.5. The second kappa shape index (κ2) is 7.28. The molecule has 0 bridgehead atoms. The van der Waals surface area contributed by atoms with Gasteiger partial charge < -0.3 is 15.0 Å². The maximum Gasteiger partial charge on any atom is 0.146 e. The summed E-state index contributed by atoms with van der Waals surface area (Å²) >= 11 is 5.80. The van der Waals surface area contributed by atoms with Crippen LogP contribution >= 0.6 is 11.6 Å². The minimum absolute atomic E-state index is 0.0391. The first-order valence-electron chi connectivity index (χ1n) is 9.48. The SMILES string of the molecule is CCN(CC)c1cc(-c2c(F)cc(Cl)cc2F)cc2c1O[C@H]1CCNCC21. The van der Waals surface area contributed by atoms with Gasteiger partial charge in [-0.05, 0) is 56.6 Å². The van der Waals surface area contributed by atoms with Crippen LogP contribution in [-0.4, -0.2) is 32.3 Å². The zero-order valence-electron chi connectivity index (χ0n) is 15.5. The Kier molecular flexibility index (Phi) is 4.99. The molecule has 0 radical (unpaired) electrons. The smallest absolute Gasteiger partial charge is 0.146 e. The van der Waals surface area contributed by atoms with E-state index in [9.17, 15) is 8.78 Å². The summed E-state index contributed by atoms with van der Waals surface area (Å²) in [5.41, 5.74) is 2.41. The third-order valence-corrected chi connectivity index (χ3v) is 5.80. The van der Waals surface area contributed by atoms with E-state index in [2.05, 4.69) is 24.1 Å². The number of halogens is 3. The molecule has 0 aliphatic carbocycles. The van der Waals surface area contributed by atoms with Gasteiger partial charge in [0, 0.05) is 36.1 Å². The summed E-state index contributed by atoms with van der Waals surface area (Å²) in [5, 5.41) is 3.46. The van der Waals surface area contributed by atoms with E-state index in [4.69, 9.17) is 16.3 Å². The van der Waals surface area contributed by atoms with E-state index in [-0.39, 0.29) is 22.6 Å². The molecule has 1 N–H and O–H groups in total. The van der Waals surface area contributed by atoms with Crippen molar-refractivity contribution in [1.82, 2.24) is 5.32 Å². The predicted molar refractivity (Wildman–Crippen MR) is 105 cm³/mol. The van der Waals surface area contributed by atoms with Crippen LogP contribution in [0.1, 0.15) is 31.7 Å². The van der Waals surface area contributed by atoms with Crippen LogP contribution < -0.4 is 15.0 Å². The fraction of sp³-hybridized carbons (Fsp3) is 0.429. The number of piperidine rings is 1. The van der Waals surface area contributed by atoms with Gasteiger partial charge in [0.25, 0.3) is 0 Å². The third kappa shape index (κ3) is 3.17. The molecule has 27 heavy (non-hydrogen) atoms. The Bertz CT molecular complexity index is 846. The highest BCUT2D eigenvalue weighted by molar-refractivity contribution is 6.30. The van der Waals surface area contributed by atoms with E-state index < -0.39 is 11.6 Å². The molecule has 2 heterocycles. The summed E-state index contributed by atoms with van der Waals surface area (Å²) in [7, 11) is 0. The van der Waals surface area contributed by atoms with E-state index in [0.717, 1.165) is 61.7 Å². The Morgan fingerprint density at radius 1 is 1.15 bits per heavy atom. The zero-order valence-corrected chi connectivity index (χ0v) is 16.2. The Morgan fingerprint density at radius 2 is 1.85 bits per heavy atom. The molecule has 2 aliphatic heterocycles. The number of ether oxygens (including phenoxy) is 1. The lowest BCUT2D eigenvalue weighted by Gasteiger charge is -2.25. The molecule has 0 spiro atoms. The first-order chi connectivity index (χ1) is 13.0. The lowest BCUT2D eigenvalue weighted by Crippen LogP contribution is -2.37. The van der Waals surface area contributed by atoms with Crippen molar-refractivity contribution >= 4 is 17.3 Å². The topological polar surface area (TPSA) is 24.5 Å². The van der Waals surface area contributed by atoms with E-state index in [1.54, 1.807) is 0 Å². The summed E-state index contributed by atoms with van der Waals surface area (Å²) in [5.74, 6) is -0.247. The average Bonchev–Trinajstić information content (AvgIpc) is 3.01. The van der Waals surface area contributed by atoms with Gasteiger partial charge in [-0.25, -0.2) is 8.78 Å². The Hall–Kier alpha value is -1.85. The van der Waals surface area contributed by atoms with Gasteiger partial charge in [-0.15, -0.1) is 0 Å². The third-order valence-electron chi connectivity index (χ3n) is 5.59. The maximum absolute atomic E-state index is 14.6. The van der Waals surface area contributed by atoms with Crippen molar-refractivity contribution in [3.05, 3.63) is 46.5 Å². The molecule has 2 aromatic rings. The summed E-state index contributed by atoms with van der Waals surface area (Å²) < 4.78 is 35.5. The minimum Gasteiger partial charge on any atom is -0.487 e. The largest absolute Gasteiger partial charge is 0.487 e. The second-order valence-corrected chi connectivity index (χ2v) is 7.52. The fourth-order valence-electron chi connectivity index (χ4n) is 4.24. The van der Waals surface area contributed by atoms with E-state index >= 15 is 0 Å². The van der Waals surface area contributed by atoms with Crippen LogP contribution in [0.2, 0.25) is 5.02 Å². The van der Waals surface area contributed by atoms with Gasteiger partial charge in [0.2, 0.25) is 0 Å². The van der Waals surface area contributed by atoms with Crippen molar-refractivity contribution < 1.29 is 13.5 Å². The molecule has 144 valence electrons. The van der Waals surface area contributed by atoms with Crippen LogP contribution in [0, 0.1) is 11.6 Å². The predicted octanol–water partition coefficient (Wildman–Crippen LogP) is 4.97. The maximum atomic E-state index is 14.6. The molecule has 2 aromatic carbocycles. The molecule has 1 unspecified atom stereocenters. The van der Waals surface area contributed by atoms with Crippen molar-refractivity contribution in [3.8, 4) is 16.9 Å². The fourth-order valence-corrected chi connectivity index (χ4v) is 4.43. The molecule has 1 saturated heterocycles. The number of rotatable bonds is 4. The molecule has 0 amide bonds. The van der Waals surface area contributed by atoms with E-state index in [1.165, 1.54) is 0 Å². The number of fused-ring (bicyclic) bond motifs is 3. The second-order valence-electron chi connectivity index (χ2n) is 7.09. The summed E-state index contributed by atoms with van der Waals surface area (Å²) in [4.78, 5) is 2.17. The van der Waals surface area contributed by atoms with Crippen LogP contribution in [0.4, 0.5) is 14.5 Å².